The quantitative estimate of drug-likeness (QED) is 0.763. The largest absolute Gasteiger partial charge is 0.497 e. The van der Waals surface area contributed by atoms with E-state index in [0.29, 0.717) is 11.4 Å². The van der Waals surface area contributed by atoms with Crippen LogP contribution in [0.4, 0.5) is 0 Å². The predicted octanol–water partition coefficient (Wildman–Crippen LogP) is 4.44. The Morgan fingerprint density at radius 3 is 2.35 bits per heavy atom. The minimum Gasteiger partial charge on any atom is -0.497 e. The molecule has 2 aromatic carbocycles. The van der Waals surface area contributed by atoms with Crippen LogP contribution in [0.25, 0.3) is 0 Å². The second-order valence-electron chi connectivity index (χ2n) is 4.43. The number of rotatable bonds is 5. The zero-order chi connectivity index (χ0) is 14.5. The van der Waals surface area contributed by atoms with E-state index in [1.807, 2.05) is 42.5 Å². The summed E-state index contributed by atoms with van der Waals surface area (Å²) in [5.74, 6) is 0.332. The highest BCUT2D eigenvalue weighted by molar-refractivity contribution is 6.64. The molecule has 0 bridgehead atoms. The molecule has 1 unspecified atom stereocenters. The van der Waals surface area contributed by atoms with Crippen LogP contribution in [0, 0.1) is 0 Å². The summed E-state index contributed by atoms with van der Waals surface area (Å²) in [5.41, 5.74) is 1.76. The van der Waals surface area contributed by atoms with Crippen molar-refractivity contribution in [1.82, 2.24) is 0 Å². The molecule has 0 amide bonds. The van der Waals surface area contributed by atoms with Gasteiger partial charge in [0, 0.05) is 5.02 Å². The molecule has 0 aliphatic carbocycles. The summed E-state index contributed by atoms with van der Waals surface area (Å²) >= 11 is 11.9. The Bertz CT molecular complexity index is 594. The molecule has 0 radical (unpaired) electrons. The zero-order valence-corrected chi connectivity index (χ0v) is 12.5. The third-order valence-corrected chi connectivity index (χ3v) is 3.76. The standard InChI is InChI=1S/C16H14Cl2O2/c1-20-12-8-6-11(7-9-12)10-14(16(18)19)13-4-2-3-5-15(13)17/h2-9,14H,10H2,1H3. The fourth-order valence-electron chi connectivity index (χ4n) is 2.07. The Morgan fingerprint density at radius 1 is 1.15 bits per heavy atom. The van der Waals surface area contributed by atoms with Gasteiger partial charge in [-0.3, -0.25) is 4.79 Å². The lowest BCUT2D eigenvalue weighted by Gasteiger charge is -2.15. The fourth-order valence-corrected chi connectivity index (χ4v) is 2.53. The lowest BCUT2D eigenvalue weighted by atomic mass is 9.93. The van der Waals surface area contributed by atoms with Crippen molar-refractivity contribution in [2.75, 3.05) is 7.11 Å². The van der Waals surface area contributed by atoms with Gasteiger partial charge in [0.1, 0.15) is 5.75 Å². The monoisotopic (exact) mass is 308 g/mol. The number of carbonyl (C=O) groups excluding carboxylic acids is 1. The van der Waals surface area contributed by atoms with Crippen molar-refractivity contribution in [2.24, 2.45) is 0 Å². The second-order valence-corrected chi connectivity index (χ2v) is 5.21. The van der Waals surface area contributed by atoms with Crippen LogP contribution in [0.5, 0.6) is 5.75 Å². The van der Waals surface area contributed by atoms with Crippen LogP contribution in [0.2, 0.25) is 5.02 Å². The Kier molecular flexibility index (Phi) is 5.05. The Hall–Kier alpha value is -1.51. The van der Waals surface area contributed by atoms with Crippen molar-refractivity contribution in [2.45, 2.75) is 12.3 Å². The topological polar surface area (TPSA) is 26.3 Å². The summed E-state index contributed by atoms with van der Waals surface area (Å²) in [7, 11) is 1.61. The normalized spacial score (nSPS) is 11.9. The first-order chi connectivity index (χ1) is 9.61. The van der Waals surface area contributed by atoms with Gasteiger partial charge in [-0.25, -0.2) is 0 Å². The number of hydrogen-bond donors (Lipinski definition) is 0. The van der Waals surface area contributed by atoms with Gasteiger partial charge in [-0.2, -0.15) is 0 Å². The van der Waals surface area contributed by atoms with E-state index in [9.17, 15) is 4.79 Å². The highest BCUT2D eigenvalue weighted by atomic mass is 35.5. The Balaban J connectivity index is 2.26. The molecule has 20 heavy (non-hydrogen) atoms. The van der Waals surface area contributed by atoms with Crippen molar-refractivity contribution in [3.63, 3.8) is 0 Å². The average Bonchev–Trinajstić information content (AvgIpc) is 2.46. The van der Waals surface area contributed by atoms with Gasteiger partial charge in [0.25, 0.3) is 0 Å². The third kappa shape index (κ3) is 3.53. The molecule has 4 heteroatoms. The van der Waals surface area contributed by atoms with Gasteiger partial charge in [0.2, 0.25) is 5.24 Å². The van der Waals surface area contributed by atoms with Gasteiger partial charge < -0.3 is 4.74 Å². The van der Waals surface area contributed by atoms with E-state index in [1.165, 1.54) is 0 Å². The second kappa shape index (κ2) is 6.78. The van der Waals surface area contributed by atoms with Gasteiger partial charge in [-0.15, -0.1) is 0 Å². The van der Waals surface area contributed by atoms with Crippen molar-refractivity contribution in [3.8, 4) is 5.75 Å². The third-order valence-electron chi connectivity index (χ3n) is 3.15. The predicted molar refractivity (Wildman–Crippen MR) is 81.8 cm³/mol. The molecule has 2 nitrogen and oxygen atoms in total. The van der Waals surface area contributed by atoms with E-state index in [-0.39, 0.29) is 0 Å². The molecule has 0 spiro atoms. The molecule has 0 aromatic heterocycles. The Morgan fingerprint density at radius 2 is 1.80 bits per heavy atom. The molecule has 0 fully saturated rings. The van der Waals surface area contributed by atoms with Gasteiger partial charge in [0.05, 0.1) is 13.0 Å². The summed E-state index contributed by atoms with van der Waals surface area (Å²) in [4.78, 5) is 11.7. The molecule has 0 N–H and O–H groups in total. The maximum Gasteiger partial charge on any atom is 0.229 e. The van der Waals surface area contributed by atoms with Crippen LogP contribution in [0.3, 0.4) is 0 Å². The number of methoxy groups -OCH3 is 1. The highest BCUT2D eigenvalue weighted by Gasteiger charge is 2.21. The molecule has 1 atom stereocenters. The summed E-state index contributed by atoms with van der Waals surface area (Å²) in [5, 5.41) is 0.147. The summed E-state index contributed by atoms with van der Waals surface area (Å²) in [6.45, 7) is 0. The van der Waals surface area contributed by atoms with Crippen LogP contribution < -0.4 is 4.74 Å². The van der Waals surface area contributed by atoms with Gasteiger partial charge in [-0.05, 0) is 47.3 Å². The first kappa shape index (κ1) is 14.9. The lowest BCUT2D eigenvalue weighted by Crippen LogP contribution is -2.10. The van der Waals surface area contributed by atoms with Crippen LogP contribution in [0.15, 0.2) is 48.5 Å². The Labute approximate surface area is 128 Å². The molecule has 0 aliphatic rings. The minimum absolute atomic E-state index is 0.408. The number of ether oxygens (including phenoxy) is 1. The number of benzene rings is 2. The summed E-state index contributed by atoms with van der Waals surface area (Å²) in [6.07, 6.45) is 0.510. The van der Waals surface area contributed by atoms with Crippen LogP contribution in [0.1, 0.15) is 17.0 Å². The summed E-state index contributed by atoms with van der Waals surface area (Å²) < 4.78 is 5.11. The molecule has 0 saturated heterocycles. The molecule has 2 aromatic rings. The number of hydrogen-bond acceptors (Lipinski definition) is 2. The smallest absolute Gasteiger partial charge is 0.229 e. The van der Waals surface area contributed by atoms with Crippen molar-refractivity contribution in [1.29, 1.82) is 0 Å². The SMILES string of the molecule is COc1ccc(CC(C(=O)Cl)c2ccccc2Cl)cc1. The fraction of sp³-hybridized carbons (Fsp3) is 0.188. The van der Waals surface area contributed by atoms with E-state index in [4.69, 9.17) is 27.9 Å². The molecule has 0 saturated carbocycles. The maximum absolute atomic E-state index is 11.7. The van der Waals surface area contributed by atoms with Crippen LogP contribution in [-0.2, 0) is 11.2 Å². The lowest BCUT2D eigenvalue weighted by molar-refractivity contribution is -0.113. The van der Waals surface area contributed by atoms with E-state index >= 15 is 0 Å². The maximum atomic E-state index is 11.7. The molecule has 0 aliphatic heterocycles. The van der Waals surface area contributed by atoms with Crippen LogP contribution in [-0.4, -0.2) is 12.4 Å². The molecule has 104 valence electrons. The summed E-state index contributed by atoms with van der Waals surface area (Å²) in [6, 6.07) is 14.8. The zero-order valence-electron chi connectivity index (χ0n) is 11.0. The van der Waals surface area contributed by atoms with E-state index < -0.39 is 11.2 Å². The van der Waals surface area contributed by atoms with E-state index in [2.05, 4.69) is 0 Å². The highest BCUT2D eigenvalue weighted by Crippen LogP contribution is 2.29. The first-order valence-electron chi connectivity index (χ1n) is 6.18. The van der Waals surface area contributed by atoms with Crippen molar-refractivity contribution < 1.29 is 9.53 Å². The molecule has 2 rings (SSSR count). The first-order valence-corrected chi connectivity index (χ1v) is 6.94. The van der Waals surface area contributed by atoms with E-state index in [0.717, 1.165) is 16.9 Å². The van der Waals surface area contributed by atoms with Gasteiger partial charge in [-0.1, -0.05) is 41.9 Å². The number of halogens is 2. The minimum atomic E-state index is -0.446. The molecule has 0 heterocycles. The average molecular weight is 309 g/mol. The molecular formula is C16H14Cl2O2. The van der Waals surface area contributed by atoms with E-state index in [1.54, 1.807) is 13.2 Å². The van der Waals surface area contributed by atoms with Crippen LogP contribution >= 0.6 is 23.2 Å². The van der Waals surface area contributed by atoms with Crippen molar-refractivity contribution in [3.05, 3.63) is 64.7 Å². The molecular weight excluding hydrogens is 295 g/mol. The van der Waals surface area contributed by atoms with Crippen molar-refractivity contribution >= 4 is 28.4 Å². The number of carbonyl (C=O) groups is 1. The van der Waals surface area contributed by atoms with Gasteiger partial charge >= 0.3 is 0 Å². The van der Waals surface area contributed by atoms with Gasteiger partial charge in [0.15, 0.2) is 0 Å².